The summed E-state index contributed by atoms with van der Waals surface area (Å²) in [6, 6.07) is 15.8. The van der Waals surface area contributed by atoms with Crippen molar-refractivity contribution in [1.82, 2.24) is 5.32 Å². The van der Waals surface area contributed by atoms with Gasteiger partial charge in [-0.15, -0.1) is 0 Å². The molecule has 2 aromatic carbocycles. The van der Waals surface area contributed by atoms with E-state index < -0.39 is 0 Å². The van der Waals surface area contributed by atoms with Gasteiger partial charge >= 0.3 is 0 Å². The van der Waals surface area contributed by atoms with E-state index in [9.17, 15) is 0 Å². The van der Waals surface area contributed by atoms with Crippen molar-refractivity contribution < 1.29 is 0 Å². The second kappa shape index (κ2) is 6.08. The van der Waals surface area contributed by atoms with Gasteiger partial charge in [0.15, 0.2) is 0 Å². The molecule has 0 heterocycles. The molecule has 0 aliphatic heterocycles. The lowest BCUT2D eigenvalue weighted by Gasteiger charge is -2.16. The second-order valence-corrected chi connectivity index (χ2v) is 5.19. The smallest absolute Gasteiger partial charge is 0.0195 e. The quantitative estimate of drug-likeness (QED) is 0.867. The molecule has 0 aliphatic carbocycles. The Kier molecular flexibility index (Phi) is 4.46. The first-order chi connectivity index (χ1) is 8.35. The maximum Gasteiger partial charge on any atom is 0.0195 e. The van der Waals surface area contributed by atoms with Crippen molar-refractivity contribution in [2.75, 3.05) is 19.1 Å². The molecule has 17 heavy (non-hydrogen) atoms. The molecule has 2 rings (SSSR count). The lowest BCUT2D eigenvalue weighted by Crippen LogP contribution is -2.30. The van der Waals surface area contributed by atoms with Crippen LogP contribution in [-0.2, 0) is 6.42 Å². The summed E-state index contributed by atoms with van der Waals surface area (Å²) in [5, 5.41) is 6.12. The fraction of sp³-hybridized carbons (Fsp3) is 0.333. The highest BCUT2D eigenvalue weighted by atomic mass is 32.2. The predicted octanol–water partition coefficient (Wildman–Crippen LogP) is 3.33. The molecule has 2 heteroatoms. The Labute approximate surface area is 108 Å². The summed E-state index contributed by atoms with van der Waals surface area (Å²) < 4.78 is 0. The monoisotopic (exact) mass is 245 g/mol. The number of hydrogen-bond donors (Lipinski definition) is 1. The lowest BCUT2D eigenvalue weighted by molar-refractivity contribution is 0.619. The fourth-order valence-corrected chi connectivity index (χ4v) is 2.87. The molecule has 2 aromatic rings. The van der Waals surface area contributed by atoms with Crippen LogP contribution in [0.4, 0.5) is 0 Å². The average Bonchev–Trinajstić information content (AvgIpc) is 2.38. The van der Waals surface area contributed by atoms with Gasteiger partial charge in [-0.1, -0.05) is 42.5 Å². The van der Waals surface area contributed by atoms with Crippen molar-refractivity contribution in [1.29, 1.82) is 0 Å². The molecule has 90 valence electrons. The zero-order chi connectivity index (χ0) is 12.1. The third-order valence-electron chi connectivity index (χ3n) is 3.12. The first kappa shape index (κ1) is 12.5. The Morgan fingerprint density at radius 2 is 1.88 bits per heavy atom. The highest BCUT2D eigenvalue weighted by Gasteiger charge is 2.08. The number of nitrogens with one attached hydrogen (secondary N) is 1. The number of likely N-dealkylation sites (N-methyl/N-ethyl adjacent to an activating group) is 1. The molecule has 0 radical (unpaired) electrons. The molecule has 1 unspecified atom stereocenters. The van der Waals surface area contributed by atoms with Gasteiger partial charge in [-0.3, -0.25) is 0 Å². The van der Waals surface area contributed by atoms with Gasteiger partial charge in [0.25, 0.3) is 0 Å². The minimum absolute atomic E-state index is 0.552. The Hall–Kier alpha value is -0.990. The minimum Gasteiger partial charge on any atom is -0.316 e. The third kappa shape index (κ3) is 3.02. The van der Waals surface area contributed by atoms with Gasteiger partial charge in [0.1, 0.15) is 0 Å². The first-order valence-corrected chi connectivity index (χ1v) is 7.37. The highest BCUT2D eigenvalue weighted by molar-refractivity contribution is 7.98. The Bertz CT molecular complexity index is 476. The highest BCUT2D eigenvalue weighted by Crippen LogP contribution is 2.20. The number of benzene rings is 2. The summed E-state index contributed by atoms with van der Waals surface area (Å²) in [5.41, 5.74) is 1.44. The van der Waals surface area contributed by atoms with E-state index in [1.165, 1.54) is 16.3 Å². The molecule has 0 saturated heterocycles. The maximum absolute atomic E-state index is 3.40. The van der Waals surface area contributed by atoms with E-state index in [1.54, 1.807) is 0 Å². The van der Waals surface area contributed by atoms with E-state index in [1.807, 2.05) is 18.8 Å². The van der Waals surface area contributed by atoms with Gasteiger partial charge in [-0.25, -0.2) is 0 Å². The molecule has 0 fully saturated rings. The van der Waals surface area contributed by atoms with E-state index in [4.69, 9.17) is 0 Å². The topological polar surface area (TPSA) is 12.0 Å². The molecule has 1 nitrogen and oxygen atoms in total. The molecule has 0 aliphatic rings. The van der Waals surface area contributed by atoms with Crippen LogP contribution in [0.2, 0.25) is 0 Å². The van der Waals surface area contributed by atoms with Crippen LogP contribution in [0.5, 0.6) is 0 Å². The number of hydrogen-bond acceptors (Lipinski definition) is 2. The number of thioether (sulfide) groups is 1. The standard InChI is InChI=1S/C15H19NS/c1-16-14(11-17-2)10-13-8-5-7-12-6-3-4-9-15(12)13/h3-9,14,16H,10-11H2,1-2H3. The van der Waals surface area contributed by atoms with Crippen LogP contribution in [0.25, 0.3) is 10.8 Å². The van der Waals surface area contributed by atoms with Crippen LogP contribution < -0.4 is 5.32 Å². The molecular formula is C15H19NS. The van der Waals surface area contributed by atoms with Crippen LogP contribution in [0.3, 0.4) is 0 Å². The van der Waals surface area contributed by atoms with Gasteiger partial charge in [0.2, 0.25) is 0 Å². The third-order valence-corrected chi connectivity index (χ3v) is 3.86. The van der Waals surface area contributed by atoms with Crippen molar-refractivity contribution in [3.63, 3.8) is 0 Å². The first-order valence-electron chi connectivity index (χ1n) is 5.98. The Morgan fingerprint density at radius 3 is 2.65 bits per heavy atom. The van der Waals surface area contributed by atoms with E-state index in [2.05, 4.69) is 54.0 Å². The van der Waals surface area contributed by atoms with Gasteiger partial charge in [-0.05, 0) is 36.1 Å². The van der Waals surface area contributed by atoms with Crippen molar-refractivity contribution in [2.45, 2.75) is 12.5 Å². The van der Waals surface area contributed by atoms with Crippen molar-refractivity contribution >= 4 is 22.5 Å². The molecule has 0 amide bonds. The number of fused-ring (bicyclic) bond motifs is 1. The van der Waals surface area contributed by atoms with Crippen LogP contribution in [0.1, 0.15) is 5.56 Å². The average molecular weight is 245 g/mol. The molecule has 1 atom stereocenters. The molecule has 1 N–H and O–H groups in total. The molecular weight excluding hydrogens is 226 g/mol. The molecule has 0 aromatic heterocycles. The molecule has 0 spiro atoms. The summed E-state index contributed by atoms with van der Waals surface area (Å²) in [5.74, 6) is 1.15. The zero-order valence-corrected chi connectivity index (χ0v) is 11.3. The van der Waals surface area contributed by atoms with Gasteiger partial charge in [0, 0.05) is 11.8 Å². The molecule has 0 saturated carbocycles. The van der Waals surface area contributed by atoms with E-state index in [-0.39, 0.29) is 0 Å². The lowest BCUT2D eigenvalue weighted by atomic mass is 9.99. The fourth-order valence-electron chi connectivity index (χ4n) is 2.18. The normalized spacial score (nSPS) is 12.8. The van der Waals surface area contributed by atoms with Gasteiger partial charge < -0.3 is 5.32 Å². The summed E-state index contributed by atoms with van der Waals surface area (Å²) in [7, 11) is 2.05. The van der Waals surface area contributed by atoms with Gasteiger partial charge in [0.05, 0.1) is 0 Å². The predicted molar refractivity (Wildman–Crippen MR) is 78.9 cm³/mol. The largest absolute Gasteiger partial charge is 0.316 e. The van der Waals surface area contributed by atoms with Crippen molar-refractivity contribution in [3.8, 4) is 0 Å². The zero-order valence-electron chi connectivity index (χ0n) is 10.4. The van der Waals surface area contributed by atoms with Crippen LogP contribution in [0, 0.1) is 0 Å². The minimum atomic E-state index is 0.552. The second-order valence-electron chi connectivity index (χ2n) is 4.28. The van der Waals surface area contributed by atoms with E-state index >= 15 is 0 Å². The van der Waals surface area contributed by atoms with Gasteiger partial charge in [-0.2, -0.15) is 11.8 Å². The maximum atomic E-state index is 3.40. The van der Waals surface area contributed by atoms with Crippen molar-refractivity contribution in [3.05, 3.63) is 48.0 Å². The van der Waals surface area contributed by atoms with Crippen molar-refractivity contribution in [2.24, 2.45) is 0 Å². The van der Waals surface area contributed by atoms with Crippen LogP contribution in [-0.4, -0.2) is 25.1 Å². The Morgan fingerprint density at radius 1 is 1.12 bits per heavy atom. The summed E-state index contributed by atoms with van der Waals surface area (Å²) in [4.78, 5) is 0. The molecule has 0 bridgehead atoms. The SMILES string of the molecule is CNC(CSC)Cc1cccc2ccccc12. The van der Waals surface area contributed by atoms with Crippen LogP contribution >= 0.6 is 11.8 Å². The summed E-state index contributed by atoms with van der Waals surface area (Å²) in [6.07, 6.45) is 3.26. The number of rotatable bonds is 5. The van der Waals surface area contributed by atoms with Crippen LogP contribution in [0.15, 0.2) is 42.5 Å². The Balaban J connectivity index is 2.28. The summed E-state index contributed by atoms with van der Waals surface area (Å²) >= 11 is 1.90. The summed E-state index contributed by atoms with van der Waals surface area (Å²) in [6.45, 7) is 0. The van der Waals surface area contributed by atoms with E-state index in [0.29, 0.717) is 6.04 Å². The van der Waals surface area contributed by atoms with E-state index in [0.717, 1.165) is 12.2 Å².